The molecule has 1 aliphatic rings. The summed E-state index contributed by atoms with van der Waals surface area (Å²) in [6.07, 6.45) is 2.47. The molecule has 3 nitrogen and oxygen atoms in total. The van der Waals surface area contributed by atoms with Crippen LogP contribution in [0.5, 0.6) is 0 Å². The molecule has 3 heteroatoms. The summed E-state index contributed by atoms with van der Waals surface area (Å²) in [7, 11) is 0. The van der Waals surface area contributed by atoms with Gasteiger partial charge in [0.1, 0.15) is 5.60 Å². The average Bonchev–Trinajstić information content (AvgIpc) is 2.55. The van der Waals surface area contributed by atoms with Crippen LogP contribution in [0, 0.1) is 0 Å². The number of rotatable bonds is 1. The first-order chi connectivity index (χ1) is 5.81. The fourth-order valence-corrected chi connectivity index (χ4v) is 1.54. The molecule has 0 aromatic carbocycles. The average molecular weight is 164 g/mol. The first kappa shape index (κ1) is 7.71. The van der Waals surface area contributed by atoms with Gasteiger partial charge in [-0.05, 0) is 25.1 Å². The minimum Gasteiger partial charge on any atom is -0.382 e. The number of aromatic nitrogens is 1. The van der Waals surface area contributed by atoms with E-state index in [1.54, 1.807) is 6.20 Å². The molecular weight excluding hydrogens is 152 g/mol. The predicted octanol–water partition coefficient (Wildman–Crippen LogP) is 0.263. The van der Waals surface area contributed by atoms with Crippen molar-refractivity contribution in [1.82, 2.24) is 10.3 Å². The highest BCUT2D eigenvalue weighted by Gasteiger charge is 2.33. The van der Waals surface area contributed by atoms with Crippen LogP contribution < -0.4 is 5.32 Å². The van der Waals surface area contributed by atoms with Crippen LogP contribution >= 0.6 is 0 Å². The Hall–Kier alpha value is -0.930. The van der Waals surface area contributed by atoms with E-state index in [-0.39, 0.29) is 0 Å². The molecule has 0 aliphatic carbocycles. The zero-order valence-electron chi connectivity index (χ0n) is 6.83. The van der Waals surface area contributed by atoms with Gasteiger partial charge < -0.3 is 10.4 Å². The Kier molecular flexibility index (Phi) is 1.83. The molecule has 2 N–H and O–H groups in total. The van der Waals surface area contributed by atoms with Crippen molar-refractivity contribution >= 4 is 0 Å². The van der Waals surface area contributed by atoms with Gasteiger partial charge in [-0.3, -0.25) is 4.98 Å². The van der Waals surface area contributed by atoms with E-state index in [0.29, 0.717) is 6.54 Å². The molecular formula is C9H12N2O. The van der Waals surface area contributed by atoms with Gasteiger partial charge in [-0.25, -0.2) is 0 Å². The number of pyridine rings is 1. The monoisotopic (exact) mass is 164 g/mol. The summed E-state index contributed by atoms with van der Waals surface area (Å²) in [6.45, 7) is 1.48. The first-order valence-electron chi connectivity index (χ1n) is 4.16. The van der Waals surface area contributed by atoms with Crippen LogP contribution in [-0.4, -0.2) is 23.2 Å². The van der Waals surface area contributed by atoms with Crippen molar-refractivity contribution in [3.63, 3.8) is 0 Å². The predicted molar refractivity (Wildman–Crippen MR) is 45.6 cm³/mol. The minimum atomic E-state index is -0.735. The molecule has 12 heavy (non-hydrogen) atoms. The maximum atomic E-state index is 10.0. The van der Waals surface area contributed by atoms with Crippen LogP contribution in [-0.2, 0) is 5.60 Å². The van der Waals surface area contributed by atoms with Crippen molar-refractivity contribution in [1.29, 1.82) is 0 Å². The third kappa shape index (κ3) is 1.21. The van der Waals surface area contributed by atoms with Crippen LogP contribution in [0.4, 0.5) is 0 Å². The molecule has 0 radical (unpaired) electrons. The molecule has 1 aromatic rings. The van der Waals surface area contributed by atoms with E-state index in [1.165, 1.54) is 0 Å². The molecule has 1 aliphatic heterocycles. The molecule has 1 saturated heterocycles. The zero-order chi connectivity index (χ0) is 8.44. The molecule has 1 unspecified atom stereocenters. The highest BCUT2D eigenvalue weighted by molar-refractivity contribution is 5.15. The van der Waals surface area contributed by atoms with Crippen LogP contribution in [0.25, 0.3) is 0 Å². The minimum absolute atomic E-state index is 0.615. The normalized spacial score (nSPS) is 29.1. The maximum Gasteiger partial charge on any atom is 0.120 e. The van der Waals surface area contributed by atoms with E-state index in [0.717, 1.165) is 18.7 Å². The van der Waals surface area contributed by atoms with Crippen molar-refractivity contribution in [2.45, 2.75) is 12.0 Å². The first-order valence-corrected chi connectivity index (χ1v) is 4.16. The van der Waals surface area contributed by atoms with Gasteiger partial charge in [0.15, 0.2) is 0 Å². The van der Waals surface area contributed by atoms with Crippen LogP contribution in [0.2, 0.25) is 0 Å². The molecule has 2 heterocycles. The molecule has 1 fully saturated rings. The van der Waals surface area contributed by atoms with Crippen molar-refractivity contribution in [2.24, 2.45) is 0 Å². The van der Waals surface area contributed by atoms with Gasteiger partial charge in [-0.15, -0.1) is 0 Å². The lowest BCUT2D eigenvalue weighted by Crippen LogP contribution is -2.29. The van der Waals surface area contributed by atoms with Crippen molar-refractivity contribution in [3.05, 3.63) is 30.1 Å². The number of nitrogens with one attached hydrogen (secondary N) is 1. The highest BCUT2D eigenvalue weighted by atomic mass is 16.3. The molecule has 0 amide bonds. The second kappa shape index (κ2) is 2.84. The quantitative estimate of drug-likeness (QED) is 0.626. The van der Waals surface area contributed by atoms with E-state index in [9.17, 15) is 5.11 Å². The van der Waals surface area contributed by atoms with Crippen LogP contribution in [0.1, 0.15) is 12.1 Å². The summed E-state index contributed by atoms with van der Waals surface area (Å²) >= 11 is 0. The summed E-state index contributed by atoms with van der Waals surface area (Å²) < 4.78 is 0. The van der Waals surface area contributed by atoms with Crippen LogP contribution in [0.15, 0.2) is 24.4 Å². The molecule has 1 atom stereocenters. The van der Waals surface area contributed by atoms with Gasteiger partial charge in [0, 0.05) is 12.7 Å². The SMILES string of the molecule is OC1(c2ccccn2)CCNC1. The Morgan fingerprint density at radius 2 is 2.42 bits per heavy atom. The van der Waals surface area contributed by atoms with Crippen molar-refractivity contribution in [2.75, 3.05) is 13.1 Å². The number of aliphatic hydroxyl groups is 1. The van der Waals surface area contributed by atoms with Gasteiger partial charge in [-0.2, -0.15) is 0 Å². The lowest BCUT2D eigenvalue weighted by Gasteiger charge is -2.19. The second-order valence-corrected chi connectivity index (χ2v) is 3.17. The highest BCUT2D eigenvalue weighted by Crippen LogP contribution is 2.24. The fraction of sp³-hybridized carbons (Fsp3) is 0.444. The van der Waals surface area contributed by atoms with Crippen molar-refractivity contribution in [3.8, 4) is 0 Å². The van der Waals surface area contributed by atoms with Crippen LogP contribution in [0.3, 0.4) is 0 Å². The Labute approximate surface area is 71.4 Å². The van der Waals surface area contributed by atoms with E-state index in [1.807, 2.05) is 18.2 Å². The Balaban J connectivity index is 2.29. The summed E-state index contributed by atoms with van der Waals surface area (Å²) in [5.41, 5.74) is 0.0383. The van der Waals surface area contributed by atoms with Gasteiger partial charge in [-0.1, -0.05) is 6.07 Å². The number of hydrogen-bond acceptors (Lipinski definition) is 3. The summed E-state index contributed by atoms with van der Waals surface area (Å²) in [4.78, 5) is 4.14. The second-order valence-electron chi connectivity index (χ2n) is 3.17. The Morgan fingerprint density at radius 1 is 1.50 bits per heavy atom. The third-order valence-electron chi connectivity index (χ3n) is 2.27. The Bertz CT molecular complexity index is 254. The molecule has 2 rings (SSSR count). The topological polar surface area (TPSA) is 45.2 Å². The van der Waals surface area contributed by atoms with E-state index >= 15 is 0 Å². The van der Waals surface area contributed by atoms with E-state index < -0.39 is 5.60 Å². The molecule has 0 spiro atoms. The number of nitrogens with zero attached hydrogens (tertiary/aromatic N) is 1. The van der Waals surface area contributed by atoms with Gasteiger partial charge in [0.25, 0.3) is 0 Å². The molecule has 64 valence electrons. The molecule has 1 aromatic heterocycles. The largest absolute Gasteiger partial charge is 0.382 e. The lowest BCUT2D eigenvalue weighted by atomic mass is 9.98. The van der Waals surface area contributed by atoms with Gasteiger partial charge in [0.05, 0.1) is 5.69 Å². The summed E-state index contributed by atoms with van der Waals surface area (Å²) in [5.74, 6) is 0. The molecule has 0 saturated carbocycles. The van der Waals surface area contributed by atoms with Gasteiger partial charge >= 0.3 is 0 Å². The van der Waals surface area contributed by atoms with E-state index in [2.05, 4.69) is 10.3 Å². The van der Waals surface area contributed by atoms with E-state index in [4.69, 9.17) is 0 Å². The van der Waals surface area contributed by atoms with Gasteiger partial charge in [0.2, 0.25) is 0 Å². The Morgan fingerprint density at radius 3 is 3.00 bits per heavy atom. The lowest BCUT2D eigenvalue weighted by molar-refractivity contribution is 0.0541. The standard InChI is InChI=1S/C9H12N2O/c12-9(4-6-10-7-9)8-3-1-2-5-11-8/h1-3,5,10,12H,4,6-7H2. The summed E-state index contributed by atoms with van der Waals surface area (Å²) in [6, 6.07) is 5.63. The molecule has 0 bridgehead atoms. The zero-order valence-corrected chi connectivity index (χ0v) is 6.83. The number of β-amino-alcohol motifs (C(OH)–C–C–N with tert-alkyl or cyclic N) is 1. The third-order valence-corrected chi connectivity index (χ3v) is 2.27. The van der Waals surface area contributed by atoms with Crippen molar-refractivity contribution < 1.29 is 5.11 Å². The maximum absolute atomic E-state index is 10.0. The summed E-state index contributed by atoms with van der Waals surface area (Å²) in [5, 5.41) is 13.2. The number of hydrogen-bond donors (Lipinski definition) is 2. The smallest absolute Gasteiger partial charge is 0.120 e. The fourth-order valence-electron chi connectivity index (χ4n) is 1.54.